The SMILES string of the molecule is C[B]c1cc(CC)c(C)c(CCCCC)c1. The van der Waals surface area contributed by atoms with Crippen LogP contribution in [0.1, 0.15) is 49.8 Å². The fourth-order valence-corrected chi connectivity index (χ4v) is 2.23. The molecule has 0 heterocycles. The molecule has 1 radical (unpaired) electrons. The molecule has 1 heteroatoms. The Bertz CT molecular complexity index is 328. The Morgan fingerprint density at radius 3 is 2.31 bits per heavy atom. The zero-order chi connectivity index (χ0) is 12.0. The second kappa shape index (κ2) is 6.78. The van der Waals surface area contributed by atoms with Gasteiger partial charge in [0.25, 0.3) is 0 Å². The van der Waals surface area contributed by atoms with Crippen LogP contribution in [0.15, 0.2) is 12.1 Å². The minimum absolute atomic E-state index is 1.15. The molecule has 1 aromatic rings. The summed E-state index contributed by atoms with van der Waals surface area (Å²) in [6.45, 7) is 8.91. The smallest absolute Gasteiger partial charge is 0.0875 e. The molecule has 0 unspecified atom stereocenters. The molecule has 0 atom stereocenters. The number of aryl methyl sites for hydroxylation is 2. The van der Waals surface area contributed by atoms with Gasteiger partial charge in [0.1, 0.15) is 7.28 Å². The van der Waals surface area contributed by atoms with Gasteiger partial charge in [0.2, 0.25) is 0 Å². The third kappa shape index (κ3) is 3.40. The first kappa shape index (κ1) is 13.4. The van der Waals surface area contributed by atoms with Gasteiger partial charge in [-0.2, -0.15) is 0 Å². The van der Waals surface area contributed by atoms with E-state index in [1.165, 1.54) is 42.3 Å². The van der Waals surface area contributed by atoms with Crippen molar-refractivity contribution in [1.82, 2.24) is 0 Å². The van der Waals surface area contributed by atoms with Crippen LogP contribution in [0.4, 0.5) is 0 Å². The molecule has 87 valence electrons. The monoisotopic (exact) mass is 215 g/mol. The lowest BCUT2D eigenvalue weighted by Gasteiger charge is -2.13. The molecular formula is C15H24B. The van der Waals surface area contributed by atoms with Gasteiger partial charge >= 0.3 is 0 Å². The maximum absolute atomic E-state index is 2.37. The fraction of sp³-hybridized carbons (Fsp3) is 0.600. The number of rotatable bonds is 6. The normalized spacial score (nSPS) is 10.5. The summed E-state index contributed by atoms with van der Waals surface area (Å²) in [5.41, 5.74) is 5.97. The van der Waals surface area contributed by atoms with Gasteiger partial charge in [-0.1, -0.05) is 51.1 Å². The topological polar surface area (TPSA) is 0 Å². The summed E-state index contributed by atoms with van der Waals surface area (Å²) in [4.78, 5) is 0. The van der Waals surface area contributed by atoms with Crippen LogP contribution in [0.2, 0.25) is 6.82 Å². The Morgan fingerprint density at radius 1 is 1.06 bits per heavy atom. The molecule has 0 nitrogen and oxygen atoms in total. The van der Waals surface area contributed by atoms with Crippen LogP contribution in [0.25, 0.3) is 0 Å². The van der Waals surface area contributed by atoms with Crippen molar-refractivity contribution in [3.63, 3.8) is 0 Å². The molecule has 1 rings (SSSR count). The van der Waals surface area contributed by atoms with Gasteiger partial charge in [-0.25, -0.2) is 0 Å². The van der Waals surface area contributed by atoms with E-state index in [9.17, 15) is 0 Å². The minimum atomic E-state index is 1.15. The lowest BCUT2D eigenvalue weighted by molar-refractivity contribution is 0.715. The van der Waals surface area contributed by atoms with Crippen LogP contribution in [-0.2, 0) is 12.8 Å². The standard InChI is InChI=1S/C15H24B/c1-5-7-8-9-14-11-15(16-4)10-13(6-2)12(14)3/h10-11H,5-9H2,1-4H3. The van der Waals surface area contributed by atoms with Gasteiger partial charge in [-0.15, -0.1) is 0 Å². The van der Waals surface area contributed by atoms with Gasteiger partial charge in [0, 0.05) is 0 Å². The lowest BCUT2D eigenvalue weighted by atomic mass is 9.71. The molecule has 0 aliphatic carbocycles. The van der Waals surface area contributed by atoms with Crippen molar-refractivity contribution in [1.29, 1.82) is 0 Å². The maximum Gasteiger partial charge on any atom is 0.148 e. The largest absolute Gasteiger partial charge is 0.148 e. The van der Waals surface area contributed by atoms with Crippen LogP contribution in [0.3, 0.4) is 0 Å². The molecule has 1 aromatic carbocycles. The first-order valence-corrected chi connectivity index (χ1v) is 6.64. The molecule has 0 saturated carbocycles. The third-order valence-electron chi connectivity index (χ3n) is 3.41. The summed E-state index contributed by atoms with van der Waals surface area (Å²) in [6.07, 6.45) is 6.37. The number of benzene rings is 1. The molecule has 0 amide bonds. The average molecular weight is 215 g/mol. The highest BCUT2D eigenvalue weighted by molar-refractivity contribution is 6.52. The summed E-state index contributed by atoms with van der Waals surface area (Å²) >= 11 is 0. The van der Waals surface area contributed by atoms with Gasteiger partial charge in [-0.3, -0.25) is 0 Å². The van der Waals surface area contributed by atoms with Crippen molar-refractivity contribution in [3.8, 4) is 0 Å². The van der Waals surface area contributed by atoms with E-state index in [-0.39, 0.29) is 0 Å². The van der Waals surface area contributed by atoms with Crippen LogP contribution >= 0.6 is 0 Å². The van der Waals surface area contributed by atoms with Gasteiger partial charge < -0.3 is 0 Å². The van der Waals surface area contributed by atoms with E-state index in [0.29, 0.717) is 0 Å². The Labute approximate surface area is 102 Å². The highest BCUT2D eigenvalue weighted by Gasteiger charge is 2.05. The van der Waals surface area contributed by atoms with E-state index < -0.39 is 0 Å². The van der Waals surface area contributed by atoms with Crippen molar-refractivity contribution < 1.29 is 0 Å². The van der Waals surface area contributed by atoms with Gasteiger partial charge in [-0.05, 0) is 42.9 Å². The Hall–Kier alpha value is -0.715. The van der Waals surface area contributed by atoms with E-state index in [1.54, 1.807) is 5.56 Å². The summed E-state index contributed by atoms with van der Waals surface area (Å²) in [5.74, 6) is 0. The van der Waals surface area contributed by atoms with Crippen molar-refractivity contribution in [2.24, 2.45) is 0 Å². The fourth-order valence-electron chi connectivity index (χ4n) is 2.23. The Kier molecular flexibility index (Phi) is 5.66. The van der Waals surface area contributed by atoms with E-state index in [4.69, 9.17) is 0 Å². The molecule has 0 aromatic heterocycles. The predicted octanol–water partition coefficient (Wildman–Crippen LogP) is 3.67. The van der Waals surface area contributed by atoms with Crippen LogP contribution in [0, 0.1) is 6.92 Å². The summed E-state index contributed by atoms with van der Waals surface area (Å²) in [5, 5.41) is 0. The molecular weight excluding hydrogens is 191 g/mol. The van der Waals surface area contributed by atoms with Crippen molar-refractivity contribution in [2.75, 3.05) is 0 Å². The molecule has 0 N–H and O–H groups in total. The van der Waals surface area contributed by atoms with Crippen molar-refractivity contribution >= 4 is 12.7 Å². The molecule has 0 aliphatic rings. The second-order valence-electron chi connectivity index (χ2n) is 4.56. The first-order valence-electron chi connectivity index (χ1n) is 6.64. The Balaban J connectivity index is 2.88. The lowest BCUT2D eigenvalue weighted by Crippen LogP contribution is -2.14. The number of unbranched alkanes of at least 4 members (excludes halogenated alkanes) is 2. The van der Waals surface area contributed by atoms with E-state index in [0.717, 1.165) is 6.42 Å². The van der Waals surface area contributed by atoms with Crippen LogP contribution in [0.5, 0.6) is 0 Å². The zero-order valence-electron chi connectivity index (χ0n) is 11.3. The second-order valence-corrected chi connectivity index (χ2v) is 4.56. The van der Waals surface area contributed by atoms with Gasteiger partial charge in [0.15, 0.2) is 0 Å². The predicted molar refractivity (Wildman–Crippen MR) is 75.0 cm³/mol. The average Bonchev–Trinajstić information content (AvgIpc) is 2.31. The van der Waals surface area contributed by atoms with Crippen molar-refractivity contribution in [3.05, 3.63) is 28.8 Å². The highest BCUT2D eigenvalue weighted by Crippen LogP contribution is 2.16. The summed E-state index contributed by atoms with van der Waals surface area (Å²) < 4.78 is 0. The molecule has 0 spiro atoms. The van der Waals surface area contributed by atoms with E-state index in [1.807, 2.05) is 0 Å². The number of hydrogen-bond acceptors (Lipinski definition) is 0. The molecule has 0 saturated heterocycles. The Morgan fingerprint density at radius 2 is 1.75 bits per heavy atom. The van der Waals surface area contributed by atoms with E-state index in [2.05, 4.69) is 47.0 Å². The van der Waals surface area contributed by atoms with Crippen LogP contribution < -0.4 is 5.46 Å². The van der Waals surface area contributed by atoms with Crippen LogP contribution in [-0.4, -0.2) is 7.28 Å². The van der Waals surface area contributed by atoms with E-state index >= 15 is 0 Å². The van der Waals surface area contributed by atoms with Gasteiger partial charge in [0.05, 0.1) is 0 Å². The highest BCUT2D eigenvalue weighted by atomic mass is 14.1. The molecule has 0 aliphatic heterocycles. The number of hydrogen-bond donors (Lipinski definition) is 0. The summed E-state index contributed by atoms with van der Waals surface area (Å²) in [6, 6.07) is 4.70. The first-order chi connectivity index (χ1) is 7.72. The maximum atomic E-state index is 2.37. The zero-order valence-corrected chi connectivity index (χ0v) is 11.3. The molecule has 0 bridgehead atoms. The summed E-state index contributed by atoms with van der Waals surface area (Å²) in [7, 11) is 2.21. The quantitative estimate of drug-likeness (QED) is 0.501. The minimum Gasteiger partial charge on any atom is -0.0875 e. The molecule has 0 fully saturated rings. The van der Waals surface area contributed by atoms with Crippen molar-refractivity contribution in [2.45, 2.75) is 59.7 Å². The third-order valence-corrected chi connectivity index (χ3v) is 3.41. The molecule has 16 heavy (non-hydrogen) atoms.